The number of hydrogen-bond donors (Lipinski definition) is 1. The molecule has 0 aliphatic carbocycles. The number of carbonyl (C=O) groups is 1. The Morgan fingerprint density at radius 1 is 1.60 bits per heavy atom. The standard InChI is InChI=1S/C11H14N2O2/c1-3-15-11(14)8(2)6-9-4-5-10(12)13-7-9/h4-7H,3H2,1-2H3,(H2,12,13)/b8-6+. The average molecular weight is 206 g/mol. The minimum Gasteiger partial charge on any atom is -0.463 e. The van der Waals surface area contributed by atoms with Crippen molar-refractivity contribution in [3.63, 3.8) is 0 Å². The molecule has 0 aliphatic heterocycles. The van der Waals surface area contributed by atoms with Crippen LogP contribution in [0.2, 0.25) is 0 Å². The summed E-state index contributed by atoms with van der Waals surface area (Å²) in [4.78, 5) is 15.2. The van der Waals surface area contributed by atoms with E-state index in [0.717, 1.165) is 5.56 Å². The molecule has 0 saturated carbocycles. The summed E-state index contributed by atoms with van der Waals surface area (Å²) in [5.41, 5.74) is 6.81. The van der Waals surface area contributed by atoms with Crippen molar-refractivity contribution in [3.8, 4) is 0 Å². The Morgan fingerprint density at radius 2 is 2.33 bits per heavy atom. The summed E-state index contributed by atoms with van der Waals surface area (Å²) < 4.78 is 4.85. The monoisotopic (exact) mass is 206 g/mol. The van der Waals surface area contributed by atoms with E-state index in [1.807, 2.05) is 0 Å². The number of esters is 1. The van der Waals surface area contributed by atoms with Crippen molar-refractivity contribution in [2.24, 2.45) is 0 Å². The molecule has 0 radical (unpaired) electrons. The van der Waals surface area contributed by atoms with Gasteiger partial charge >= 0.3 is 5.97 Å². The highest BCUT2D eigenvalue weighted by atomic mass is 16.5. The van der Waals surface area contributed by atoms with Gasteiger partial charge in [0.05, 0.1) is 6.61 Å². The van der Waals surface area contributed by atoms with E-state index < -0.39 is 0 Å². The molecule has 0 aromatic carbocycles. The second-order valence-electron chi connectivity index (χ2n) is 3.06. The van der Waals surface area contributed by atoms with E-state index in [0.29, 0.717) is 18.0 Å². The fourth-order valence-electron chi connectivity index (χ4n) is 1.06. The average Bonchev–Trinajstić information content (AvgIpc) is 2.22. The van der Waals surface area contributed by atoms with Crippen LogP contribution in [-0.4, -0.2) is 17.6 Å². The maximum absolute atomic E-state index is 11.3. The van der Waals surface area contributed by atoms with Crippen LogP contribution in [0.4, 0.5) is 5.82 Å². The summed E-state index contributed by atoms with van der Waals surface area (Å²) in [5, 5.41) is 0. The number of rotatable bonds is 3. The van der Waals surface area contributed by atoms with Gasteiger partial charge in [-0.15, -0.1) is 0 Å². The third-order valence-electron chi connectivity index (χ3n) is 1.79. The lowest BCUT2D eigenvalue weighted by Gasteiger charge is -2.01. The van der Waals surface area contributed by atoms with Crippen molar-refractivity contribution in [1.29, 1.82) is 0 Å². The molecule has 80 valence electrons. The molecular weight excluding hydrogens is 192 g/mol. The van der Waals surface area contributed by atoms with Gasteiger partial charge in [0, 0.05) is 11.8 Å². The Bertz CT molecular complexity index is 369. The van der Waals surface area contributed by atoms with E-state index in [-0.39, 0.29) is 5.97 Å². The van der Waals surface area contributed by atoms with Gasteiger partial charge in [-0.3, -0.25) is 0 Å². The van der Waals surface area contributed by atoms with E-state index in [1.54, 1.807) is 38.3 Å². The van der Waals surface area contributed by atoms with Gasteiger partial charge in [0.15, 0.2) is 0 Å². The van der Waals surface area contributed by atoms with Gasteiger partial charge in [0.25, 0.3) is 0 Å². The highest BCUT2D eigenvalue weighted by molar-refractivity contribution is 5.92. The molecular formula is C11H14N2O2. The summed E-state index contributed by atoms with van der Waals surface area (Å²) in [7, 11) is 0. The number of hydrogen-bond acceptors (Lipinski definition) is 4. The second-order valence-corrected chi connectivity index (χ2v) is 3.06. The molecule has 4 heteroatoms. The lowest BCUT2D eigenvalue weighted by atomic mass is 10.2. The van der Waals surface area contributed by atoms with Crippen LogP contribution in [-0.2, 0) is 9.53 Å². The van der Waals surface area contributed by atoms with E-state index in [9.17, 15) is 4.79 Å². The Hall–Kier alpha value is -1.84. The zero-order chi connectivity index (χ0) is 11.3. The molecule has 2 N–H and O–H groups in total. The molecule has 0 saturated heterocycles. The van der Waals surface area contributed by atoms with Crippen LogP contribution in [0, 0.1) is 0 Å². The number of anilines is 1. The summed E-state index contributed by atoms with van der Waals surface area (Å²) >= 11 is 0. The topological polar surface area (TPSA) is 65.2 Å². The van der Waals surface area contributed by atoms with E-state index in [4.69, 9.17) is 10.5 Å². The molecule has 0 spiro atoms. The van der Waals surface area contributed by atoms with Crippen molar-refractivity contribution in [2.45, 2.75) is 13.8 Å². The summed E-state index contributed by atoms with van der Waals surface area (Å²) in [6.45, 7) is 3.86. The third kappa shape index (κ3) is 3.42. The van der Waals surface area contributed by atoms with E-state index >= 15 is 0 Å². The van der Waals surface area contributed by atoms with Crippen LogP contribution < -0.4 is 5.73 Å². The molecule has 0 bridgehead atoms. The first-order valence-corrected chi connectivity index (χ1v) is 4.70. The molecule has 0 unspecified atom stereocenters. The van der Waals surface area contributed by atoms with Gasteiger partial charge in [-0.25, -0.2) is 9.78 Å². The first-order chi connectivity index (χ1) is 7.13. The van der Waals surface area contributed by atoms with Crippen LogP contribution in [0.15, 0.2) is 23.9 Å². The Labute approximate surface area is 88.8 Å². The minimum atomic E-state index is -0.311. The molecule has 1 aromatic heterocycles. The molecule has 4 nitrogen and oxygen atoms in total. The van der Waals surface area contributed by atoms with Crippen molar-refractivity contribution >= 4 is 17.9 Å². The normalized spacial score (nSPS) is 11.2. The SMILES string of the molecule is CCOC(=O)/C(C)=C/c1ccc(N)nc1. The van der Waals surface area contributed by atoms with Crippen molar-refractivity contribution in [2.75, 3.05) is 12.3 Å². The van der Waals surface area contributed by atoms with Gasteiger partial charge in [-0.2, -0.15) is 0 Å². The van der Waals surface area contributed by atoms with Crippen molar-refractivity contribution in [3.05, 3.63) is 29.5 Å². The largest absolute Gasteiger partial charge is 0.463 e. The molecule has 15 heavy (non-hydrogen) atoms. The van der Waals surface area contributed by atoms with Gasteiger partial charge in [0.2, 0.25) is 0 Å². The van der Waals surface area contributed by atoms with E-state index in [1.165, 1.54) is 0 Å². The number of pyridine rings is 1. The lowest BCUT2D eigenvalue weighted by molar-refractivity contribution is -0.138. The lowest BCUT2D eigenvalue weighted by Crippen LogP contribution is -2.04. The highest BCUT2D eigenvalue weighted by Crippen LogP contribution is 2.08. The summed E-state index contributed by atoms with van der Waals surface area (Å²) in [6, 6.07) is 3.48. The van der Waals surface area contributed by atoms with Crippen LogP contribution in [0.25, 0.3) is 6.08 Å². The number of nitrogens with zero attached hydrogens (tertiary/aromatic N) is 1. The molecule has 1 heterocycles. The molecule has 1 rings (SSSR count). The van der Waals surface area contributed by atoms with Gasteiger partial charge in [-0.05, 0) is 37.6 Å². The van der Waals surface area contributed by atoms with Crippen LogP contribution in [0.1, 0.15) is 19.4 Å². The third-order valence-corrected chi connectivity index (χ3v) is 1.79. The van der Waals surface area contributed by atoms with Gasteiger partial charge < -0.3 is 10.5 Å². The van der Waals surface area contributed by atoms with Gasteiger partial charge in [-0.1, -0.05) is 0 Å². The molecule has 0 aliphatic rings. The van der Waals surface area contributed by atoms with E-state index in [2.05, 4.69) is 4.98 Å². The predicted octanol–water partition coefficient (Wildman–Crippen LogP) is 1.63. The summed E-state index contributed by atoms with van der Waals surface area (Å²) in [6.07, 6.45) is 3.32. The fraction of sp³-hybridized carbons (Fsp3) is 0.273. The number of nitrogens with two attached hydrogens (primary N) is 1. The maximum Gasteiger partial charge on any atom is 0.333 e. The quantitative estimate of drug-likeness (QED) is 0.603. The molecule has 1 aromatic rings. The first kappa shape index (κ1) is 11.2. The van der Waals surface area contributed by atoms with Crippen LogP contribution in [0.5, 0.6) is 0 Å². The first-order valence-electron chi connectivity index (χ1n) is 4.70. The Kier molecular flexibility index (Phi) is 3.85. The Morgan fingerprint density at radius 3 is 2.87 bits per heavy atom. The maximum atomic E-state index is 11.3. The minimum absolute atomic E-state index is 0.311. The summed E-state index contributed by atoms with van der Waals surface area (Å²) in [5.74, 6) is 0.148. The zero-order valence-electron chi connectivity index (χ0n) is 8.86. The van der Waals surface area contributed by atoms with Gasteiger partial charge in [0.1, 0.15) is 5.82 Å². The highest BCUT2D eigenvalue weighted by Gasteiger charge is 2.03. The van der Waals surface area contributed by atoms with Crippen molar-refractivity contribution in [1.82, 2.24) is 4.98 Å². The number of nitrogen functional groups attached to an aromatic ring is 1. The van der Waals surface area contributed by atoms with Crippen molar-refractivity contribution < 1.29 is 9.53 Å². The fourth-order valence-corrected chi connectivity index (χ4v) is 1.06. The zero-order valence-corrected chi connectivity index (χ0v) is 8.86. The number of carbonyl (C=O) groups excluding carboxylic acids is 1. The number of aromatic nitrogens is 1. The van der Waals surface area contributed by atoms with Crippen LogP contribution in [0.3, 0.4) is 0 Å². The second kappa shape index (κ2) is 5.14. The smallest absolute Gasteiger partial charge is 0.333 e. The molecule has 0 amide bonds. The Balaban J connectivity index is 2.78. The number of ether oxygens (including phenoxy) is 1. The molecule has 0 fully saturated rings. The predicted molar refractivity (Wildman–Crippen MR) is 58.9 cm³/mol. The van der Waals surface area contributed by atoms with Crippen LogP contribution >= 0.6 is 0 Å². The molecule has 0 atom stereocenters.